The molecule has 20 heavy (non-hydrogen) atoms. The van der Waals surface area contributed by atoms with Crippen molar-refractivity contribution >= 4 is 12.2 Å². The molecule has 7 heteroatoms. The fraction of sp³-hybridized carbons (Fsp3) is 0.231. The number of rotatable bonds is 8. The molecule has 0 saturated carbocycles. The van der Waals surface area contributed by atoms with Crippen LogP contribution in [-0.2, 0) is 4.74 Å². The third-order valence-electron chi connectivity index (χ3n) is 2.14. The predicted octanol–water partition coefficient (Wildman–Crippen LogP) is 0.841. The molecular weight excluding hydrogens is 260 g/mol. The molecule has 1 rings (SSSR count). The molecule has 7 nitrogen and oxygen atoms in total. The van der Waals surface area contributed by atoms with Gasteiger partial charge in [0.25, 0.3) is 0 Å². The first-order valence-electron chi connectivity index (χ1n) is 5.82. The van der Waals surface area contributed by atoms with E-state index in [0.29, 0.717) is 24.7 Å². The second-order valence-electron chi connectivity index (χ2n) is 3.57. The van der Waals surface area contributed by atoms with E-state index in [-0.39, 0.29) is 5.96 Å². The standard InChI is InChI=1S/C13H18N4O3/c1-3-19-6-7-20-11-5-4-10(8-12(11)18-2)9-16-17-13(14)15/h3-5,8-9H,1,6-7H2,2H3,(H4,14,15,17). The first-order valence-corrected chi connectivity index (χ1v) is 5.82. The highest BCUT2D eigenvalue weighted by Gasteiger charge is 2.04. The highest BCUT2D eigenvalue weighted by Crippen LogP contribution is 2.27. The number of methoxy groups -OCH3 is 1. The Kier molecular flexibility index (Phi) is 6.46. The fourth-order valence-corrected chi connectivity index (χ4v) is 1.33. The third kappa shape index (κ3) is 5.30. The first-order chi connectivity index (χ1) is 9.67. The van der Waals surface area contributed by atoms with Crippen LogP contribution in [0.4, 0.5) is 0 Å². The van der Waals surface area contributed by atoms with Crippen LogP contribution in [0.15, 0.2) is 41.2 Å². The maximum absolute atomic E-state index is 5.52. The molecule has 0 aliphatic rings. The van der Waals surface area contributed by atoms with Gasteiger partial charge in [-0.05, 0) is 23.8 Å². The molecule has 0 atom stereocenters. The third-order valence-corrected chi connectivity index (χ3v) is 2.14. The van der Waals surface area contributed by atoms with E-state index < -0.39 is 0 Å². The normalized spacial score (nSPS) is 10.1. The molecular formula is C13H18N4O3. The molecule has 0 aliphatic carbocycles. The number of guanidine groups is 1. The highest BCUT2D eigenvalue weighted by molar-refractivity contribution is 5.82. The van der Waals surface area contributed by atoms with E-state index in [4.69, 9.17) is 25.7 Å². The minimum absolute atomic E-state index is 0.101. The highest BCUT2D eigenvalue weighted by atomic mass is 16.5. The van der Waals surface area contributed by atoms with E-state index in [9.17, 15) is 0 Å². The molecule has 0 aromatic heterocycles. The Labute approximate surface area is 117 Å². The summed E-state index contributed by atoms with van der Waals surface area (Å²) in [6.45, 7) is 4.26. The van der Waals surface area contributed by atoms with E-state index in [0.717, 1.165) is 5.56 Å². The van der Waals surface area contributed by atoms with Gasteiger partial charge in [-0.3, -0.25) is 0 Å². The Morgan fingerprint density at radius 2 is 2.10 bits per heavy atom. The summed E-state index contributed by atoms with van der Waals surface area (Å²) >= 11 is 0. The van der Waals surface area contributed by atoms with Crippen molar-refractivity contribution in [3.63, 3.8) is 0 Å². The lowest BCUT2D eigenvalue weighted by atomic mass is 10.2. The van der Waals surface area contributed by atoms with Crippen molar-refractivity contribution in [2.24, 2.45) is 21.7 Å². The molecule has 0 saturated heterocycles. The van der Waals surface area contributed by atoms with Crippen LogP contribution < -0.4 is 20.9 Å². The average Bonchev–Trinajstić information content (AvgIpc) is 2.44. The van der Waals surface area contributed by atoms with Crippen molar-refractivity contribution < 1.29 is 14.2 Å². The molecule has 0 fully saturated rings. The number of hydrogen-bond donors (Lipinski definition) is 2. The van der Waals surface area contributed by atoms with Crippen LogP contribution in [0.5, 0.6) is 11.5 Å². The van der Waals surface area contributed by atoms with Gasteiger partial charge in [0, 0.05) is 0 Å². The minimum atomic E-state index is -0.101. The Hall–Kier alpha value is -2.70. The van der Waals surface area contributed by atoms with Crippen LogP contribution >= 0.6 is 0 Å². The van der Waals surface area contributed by atoms with Gasteiger partial charge >= 0.3 is 0 Å². The number of benzene rings is 1. The summed E-state index contributed by atoms with van der Waals surface area (Å²) in [5, 5.41) is 7.23. The van der Waals surface area contributed by atoms with Crippen LogP contribution in [-0.4, -0.2) is 32.5 Å². The van der Waals surface area contributed by atoms with Crippen molar-refractivity contribution in [1.29, 1.82) is 0 Å². The van der Waals surface area contributed by atoms with Gasteiger partial charge in [0.15, 0.2) is 11.5 Å². The Morgan fingerprint density at radius 3 is 2.75 bits per heavy atom. The first kappa shape index (κ1) is 15.4. The zero-order valence-electron chi connectivity index (χ0n) is 11.3. The summed E-state index contributed by atoms with van der Waals surface area (Å²) in [5.41, 5.74) is 11.1. The second-order valence-corrected chi connectivity index (χ2v) is 3.57. The van der Waals surface area contributed by atoms with Crippen LogP contribution in [0.1, 0.15) is 5.56 Å². The number of ether oxygens (including phenoxy) is 3. The van der Waals surface area contributed by atoms with E-state index >= 15 is 0 Å². The zero-order chi connectivity index (χ0) is 14.8. The van der Waals surface area contributed by atoms with E-state index in [1.54, 1.807) is 25.3 Å². The van der Waals surface area contributed by atoms with Gasteiger partial charge in [-0.1, -0.05) is 6.58 Å². The quantitative estimate of drug-likeness (QED) is 0.241. The summed E-state index contributed by atoms with van der Waals surface area (Å²) in [5.74, 6) is 1.09. The Bertz CT molecular complexity index is 496. The van der Waals surface area contributed by atoms with E-state index in [1.165, 1.54) is 12.5 Å². The van der Waals surface area contributed by atoms with Crippen LogP contribution in [0.3, 0.4) is 0 Å². The van der Waals surface area contributed by atoms with Crippen molar-refractivity contribution in [2.45, 2.75) is 0 Å². The fourth-order valence-electron chi connectivity index (χ4n) is 1.33. The molecule has 0 amide bonds. The van der Waals surface area contributed by atoms with Gasteiger partial charge < -0.3 is 25.7 Å². The monoisotopic (exact) mass is 278 g/mol. The van der Waals surface area contributed by atoms with Gasteiger partial charge in [0.05, 0.1) is 19.6 Å². The maximum Gasteiger partial charge on any atom is 0.211 e. The van der Waals surface area contributed by atoms with Crippen LogP contribution in [0.2, 0.25) is 0 Å². The van der Waals surface area contributed by atoms with Gasteiger partial charge in [-0.15, -0.1) is 5.10 Å². The van der Waals surface area contributed by atoms with Gasteiger partial charge in [-0.25, -0.2) is 0 Å². The maximum atomic E-state index is 5.52. The topological polar surface area (TPSA) is 104 Å². The summed E-state index contributed by atoms with van der Waals surface area (Å²) in [6.07, 6.45) is 2.87. The summed E-state index contributed by atoms with van der Waals surface area (Å²) in [6, 6.07) is 5.33. The lowest BCUT2D eigenvalue weighted by molar-refractivity contribution is 0.176. The second kappa shape index (κ2) is 8.41. The lowest BCUT2D eigenvalue weighted by Gasteiger charge is -2.10. The van der Waals surface area contributed by atoms with Gasteiger partial charge in [-0.2, -0.15) is 5.10 Å². The smallest absolute Gasteiger partial charge is 0.211 e. The SMILES string of the molecule is C=COCCOc1ccc(C=NN=C(N)N)cc1OC. The van der Waals surface area contributed by atoms with E-state index in [1.807, 2.05) is 0 Å². The Balaban J connectivity index is 2.72. The largest absolute Gasteiger partial charge is 0.498 e. The van der Waals surface area contributed by atoms with Gasteiger partial charge in [0.2, 0.25) is 5.96 Å². The molecule has 0 heterocycles. The number of nitrogens with zero attached hydrogens (tertiary/aromatic N) is 2. The minimum Gasteiger partial charge on any atom is -0.498 e. The lowest BCUT2D eigenvalue weighted by Crippen LogP contribution is -2.21. The molecule has 0 bridgehead atoms. The molecule has 0 aliphatic heterocycles. The number of nitrogens with two attached hydrogens (primary N) is 2. The Morgan fingerprint density at radius 1 is 1.30 bits per heavy atom. The molecule has 0 spiro atoms. The summed E-state index contributed by atoms with van der Waals surface area (Å²) in [7, 11) is 1.55. The van der Waals surface area contributed by atoms with Crippen molar-refractivity contribution in [2.75, 3.05) is 20.3 Å². The summed E-state index contributed by atoms with van der Waals surface area (Å²) in [4.78, 5) is 0. The molecule has 1 aromatic rings. The average molecular weight is 278 g/mol. The zero-order valence-corrected chi connectivity index (χ0v) is 11.3. The molecule has 0 unspecified atom stereocenters. The molecule has 4 N–H and O–H groups in total. The van der Waals surface area contributed by atoms with Crippen LogP contribution in [0, 0.1) is 0 Å². The van der Waals surface area contributed by atoms with Crippen molar-refractivity contribution in [3.05, 3.63) is 36.6 Å². The van der Waals surface area contributed by atoms with Crippen LogP contribution in [0.25, 0.3) is 0 Å². The number of hydrogen-bond acceptors (Lipinski definition) is 5. The summed E-state index contributed by atoms with van der Waals surface area (Å²) < 4.78 is 15.7. The van der Waals surface area contributed by atoms with Crippen molar-refractivity contribution in [3.8, 4) is 11.5 Å². The molecule has 0 radical (unpaired) electrons. The molecule has 1 aromatic carbocycles. The molecule has 108 valence electrons. The predicted molar refractivity (Wildman–Crippen MR) is 78.0 cm³/mol. The van der Waals surface area contributed by atoms with Crippen molar-refractivity contribution in [1.82, 2.24) is 0 Å². The van der Waals surface area contributed by atoms with Gasteiger partial charge in [0.1, 0.15) is 13.2 Å². The van der Waals surface area contributed by atoms with E-state index in [2.05, 4.69) is 16.8 Å².